The summed E-state index contributed by atoms with van der Waals surface area (Å²) >= 11 is 0. The maximum absolute atomic E-state index is 13.4. The molecule has 0 aliphatic carbocycles. The van der Waals surface area contributed by atoms with Gasteiger partial charge in [-0.3, -0.25) is 0 Å². The predicted molar refractivity (Wildman–Crippen MR) is 70.3 cm³/mol. The first kappa shape index (κ1) is 11.5. The Morgan fingerprint density at radius 2 is 1.94 bits per heavy atom. The van der Waals surface area contributed by atoms with Crippen molar-refractivity contribution in [3.8, 4) is 0 Å². The molecule has 2 nitrogen and oxygen atoms in total. The van der Waals surface area contributed by atoms with Crippen molar-refractivity contribution < 1.29 is 9.30 Å². The van der Waals surface area contributed by atoms with E-state index in [2.05, 4.69) is 13.8 Å². The second-order valence-electron chi connectivity index (χ2n) is 5.14. The molecule has 1 aromatic rings. The molecule has 3 rings (SSSR count). The Balaban J connectivity index is 2.09. The van der Waals surface area contributed by atoms with Gasteiger partial charge >= 0.3 is 0 Å². The highest BCUT2D eigenvalue weighted by molar-refractivity contribution is 7.73. The lowest BCUT2D eigenvalue weighted by Crippen LogP contribution is -2.22. The molecule has 2 saturated heterocycles. The molecule has 3 heteroatoms. The van der Waals surface area contributed by atoms with Crippen LogP contribution >= 0.6 is 7.14 Å². The largest absolute Gasteiger partial charge is 0.354 e. The average molecular weight is 250 g/mol. The van der Waals surface area contributed by atoms with E-state index >= 15 is 0 Å². The zero-order valence-electron chi connectivity index (χ0n) is 10.5. The fourth-order valence-electron chi connectivity index (χ4n) is 3.65. The molecule has 0 bridgehead atoms. The summed E-state index contributed by atoms with van der Waals surface area (Å²) in [7, 11) is -2.37. The monoisotopic (exact) mass is 250 g/mol. The summed E-state index contributed by atoms with van der Waals surface area (Å²) < 4.78 is 19.4. The smallest absolute Gasteiger partial charge is 0.154 e. The minimum atomic E-state index is -2.37. The Hall–Kier alpha value is -0.590. The van der Waals surface area contributed by atoms with Crippen molar-refractivity contribution in [1.82, 2.24) is 0 Å². The van der Waals surface area contributed by atoms with E-state index in [1.54, 1.807) is 0 Å². The fraction of sp³-hybridized carbons (Fsp3) is 0.571. The van der Waals surface area contributed by atoms with Gasteiger partial charge in [0.1, 0.15) is 12.7 Å². The van der Waals surface area contributed by atoms with Gasteiger partial charge in [0, 0.05) is 11.5 Å². The third-order valence-corrected chi connectivity index (χ3v) is 8.64. The number of benzene rings is 1. The molecule has 0 N–H and O–H groups in total. The van der Waals surface area contributed by atoms with Crippen molar-refractivity contribution in [2.45, 2.75) is 44.1 Å². The van der Waals surface area contributed by atoms with Gasteiger partial charge in [-0.25, -0.2) is 0 Å². The summed E-state index contributed by atoms with van der Waals surface area (Å²) in [6.45, 7) is 4.26. The quantitative estimate of drug-likeness (QED) is 0.608. The van der Waals surface area contributed by atoms with E-state index in [1.807, 2.05) is 30.3 Å². The van der Waals surface area contributed by atoms with Crippen molar-refractivity contribution in [3.63, 3.8) is 0 Å². The van der Waals surface area contributed by atoms with Crippen molar-refractivity contribution in [3.05, 3.63) is 30.3 Å². The van der Waals surface area contributed by atoms with Crippen LogP contribution in [0, 0.1) is 0 Å². The maximum atomic E-state index is 13.4. The van der Waals surface area contributed by atoms with Crippen LogP contribution in [-0.4, -0.2) is 17.1 Å². The molecular formula is C14H19O2P. The second kappa shape index (κ2) is 3.46. The highest BCUT2D eigenvalue weighted by atomic mass is 31.2. The van der Waals surface area contributed by atoms with Crippen LogP contribution in [-0.2, 0) is 9.30 Å². The van der Waals surface area contributed by atoms with E-state index < -0.39 is 7.14 Å². The highest BCUT2D eigenvalue weighted by Gasteiger charge is 2.79. The first-order valence-electron chi connectivity index (χ1n) is 6.49. The lowest BCUT2D eigenvalue weighted by atomic mass is 9.98. The van der Waals surface area contributed by atoms with Gasteiger partial charge in [0.25, 0.3) is 0 Å². The molecule has 0 aromatic heterocycles. The van der Waals surface area contributed by atoms with Gasteiger partial charge in [0.05, 0.1) is 0 Å². The van der Waals surface area contributed by atoms with Crippen LogP contribution < -0.4 is 5.30 Å². The Labute approximate surface area is 103 Å². The van der Waals surface area contributed by atoms with Crippen molar-refractivity contribution >= 4 is 12.4 Å². The third-order valence-electron chi connectivity index (χ3n) is 4.67. The standard InChI is InChI=1S/C14H19O2P/c1-3-13-10-11-17(15,14(13,4-2)16-13)12-8-6-5-7-9-12/h5-9H,3-4,10-11H2,1-2H3. The van der Waals surface area contributed by atoms with Gasteiger partial charge in [0.15, 0.2) is 5.34 Å². The number of hydrogen-bond donors (Lipinski definition) is 0. The molecule has 0 spiro atoms. The number of fused-ring (bicyclic) bond motifs is 1. The van der Waals surface area contributed by atoms with Crippen molar-refractivity contribution in [1.29, 1.82) is 0 Å². The van der Waals surface area contributed by atoms with E-state index in [0.717, 1.165) is 30.7 Å². The molecule has 2 fully saturated rings. The SMILES string of the molecule is CCC12CCP(=O)(c3ccccc3)C1(CC)O2. The molecule has 0 amide bonds. The predicted octanol–water partition coefficient (Wildman–Crippen LogP) is 3.36. The summed E-state index contributed by atoms with van der Waals surface area (Å²) in [6.07, 6.45) is 3.63. The van der Waals surface area contributed by atoms with Crippen molar-refractivity contribution in [2.75, 3.05) is 6.16 Å². The second-order valence-corrected chi connectivity index (χ2v) is 8.30. The first-order chi connectivity index (χ1) is 8.14. The molecule has 17 heavy (non-hydrogen) atoms. The summed E-state index contributed by atoms with van der Waals surface area (Å²) in [5, 5.41) is 0.672. The number of rotatable bonds is 3. The first-order valence-corrected chi connectivity index (χ1v) is 8.38. The van der Waals surface area contributed by atoms with E-state index in [0.29, 0.717) is 0 Å². The van der Waals surface area contributed by atoms with Crippen LogP contribution in [0.1, 0.15) is 33.1 Å². The highest BCUT2D eigenvalue weighted by Crippen LogP contribution is 2.81. The maximum Gasteiger partial charge on any atom is 0.154 e. The zero-order chi connectivity index (χ0) is 12.1. The van der Waals surface area contributed by atoms with E-state index in [9.17, 15) is 4.57 Å². The molecule has 0 radical (unpaired) electrons. The molecule has 2 heterocycles. The Morgan fingerprint density at radius 3 is 2.47 bits per heavy atom. The summed E-state index contributed by atoms with van der Waals surface area (Å²) in [5.74, 6) is 0. The van der Waals surface area contributed by atoms with Gasteiger partial charge in [-0.15, -0.1) is 0 Å². The number of ether oxygens (including phenoxy) is 1. The molecule has 0 saturated carbocycles. The van der Waals surface area contributed by atoms with E-state index in [-0.39, 0.29) is 10.9 Å². The topological polar surface area (TPSA) is 29.6 Å². The van der Waals surface area contributed by atoms with Crippen LogP contribution in [0.5, 0.6) is 0 Å². The lowest BCUT2D eigenvalue weighted by Gasteiger charge is -2.21. The normalized spacial score (nSPS) is 43.4. The molecule has 2 aliphatic rings. The molecule has 1 aromatic carbocycles. The van der Waals surface area contributed by atoms with Crippen LogP contribution in [0.25, 0.3) is 0 Å². The van der Waals surface area contributed by atoms with E-state index in [1.165, 1.54) is 0 Å². The Bertz CT molecular complexity index is 484. The van der Waals surface area contributed by atoms with Gasteiger partial charge in [-0.2, -0.15) is 0 Å². The van der Waals surface area contributed by atoms with Crippen LogP contribution in [0.4, 0.5) is 0 Å². The summed E-state index contributed by atoms with van der Waals surface area (Å²) in [6, 6.07) is 9.95. The van der Waals surface area contributed by atoms with Crippen LogP contribution in [0.2, 0.25) is 0 Å². The molecule has 3 atom stereocenters. The molecule has 3 unspecified atom stereocenters. The van der Waals surface area contributed by atoms with Crippen molar-refractivity contribution in [2.24, 2.45) is 0 Å². The van der Waals surface area contributed by atoms with Gasteiger partial charge in [0.2, 0.25) is 0 Å². The van der Waals surface area contributed by atoms with Crippen LogP contribution in [0.15, 0.2) is 30.3 Å². The number of hydrogen-bond acceptors (Lipinski definition) is 2. The Kier molecular flexibility index (Phi) is 2.34. The third kappa shape index (κ3) is 1.18. The van der Waals surface area contributed by atoms with E-state index in [4.69, 9.17) is 4.74 Å². The minimum Gasteiger partial charge on any atom is -0.354 e. The Morgan fingerprint density at radius 1 is 1.24 bits per heavy atom. The van der Waals surface area contributed by atoms with Gasteiger partial charge in [-0.05, 0) is 19.3 Å². The molecule has 92 valence electrons. The van der Waals surface area contributed by atoms with Gasteiger partial charge < -0.3 is 9.30 Å². The average Bonchev–Trinajstić information content (AvgIpc) is 3.01. The summed E-state index contributed by atoms with van der Waals surface area (Å²) in [5.41, 5.74) is -0.0763. The minimum absolute atomic E-state index is 0.0763. The summed E-state index contributed by atoms with van der Waals surface area (Å²) in [4.78, 5) is 0. The molecular weight excluding hydrogens is 231 g/mol. The molecule has 2 aliphatic heterocycles. The fourth-order valence-corrected chi connectivity index (χ4v) is 7.77. The van der Waals surface area contributed by atoms with Crippen LogP contribution in [0.3, 0.4) is 0 Å². The number of epoxide rings is 1. The lowest BCUT2D eigenvalue weighted by molar-refractivity contribution is 0.263. The van der Waals surface area contributed by atoms with Gasteiger partial charge in [-0.1, -0.05) is 44.2 Å². The zero-order valence-corrected chi connectivity index (χ0v) is 11.4.